The minimum atomic E-state index is -0.545. The Bertz CT molecular complexity index is 668. The molecule has 114 valence electrons. The highest BCUT2D eigenvalue weighted by Crippen LogP contribution is 2.13. The Hall–Kier alpha value is -2.69. The van der Waals surface area contributed by atoms with Crippen LogP contribution in [0.25, 0.3) is 0 Å². The van der Waals surface area contributed by atoms with Gasteiger partial charge in [0, 0.05) is 17.7 Å². The fourth-order valence-electron chi connectivity index (χ4n) is 1.78. The predicted octanol–water partition coefficient (Wildman–Crippen LogP) is 3.53. The molecular formula is C17H16FNO3. The standard InChI is InChI=1S/C17H16FNO3/c1-2-16(20)19-14-9-7-12(8-10-14)17(21)22-11-13-5-3-4-6-15(13)18/h3-10H,2,11H2,1H3,(H,19,20). The molecule has 2 aromatic carbocycles. The molecule has 22 heavy (non-hydrogen) atoms. The number of hydrogen-bond donors (Lipinski definition) is 1. The van der Waals surface area contributed by atoms with Gasteiger partial charge >= 0.3 is 5.97 Å². The first-order chi connectivity index (χ1) is 10.6. The van der Waals surface area contributed by atoms with Crippen LogP contribution in [0.1, 0.15) is 29.3 Å². The SMILES string of the molecule is CCC(=O)Nc1ccc(C(=O)OCc2ccccc2F)cc1. The molecule has 0 aromatic heterocycles. The normalized spacial score (nSPS) is 10.1. The van der Waals surface area contributed by atoms with E-state index in [9.17, 15) is 14.0 Å². The highest BCUT2D eigenvalue weighted by Gasteiger charge is 2.09. The first kappa shape index (κ1) is 15.7. The Morgan fingerprint density at radius 2 is 1.77 bits per heavy atom. The highest BCUT2D eigenvalue weighted by atomic mass is 19.1. The molecule has 2 aromatic rings. The van der Waals surface area contributed by atoms with Crippen molar-refractivity contribution in [3.8, 4) is 0 Å². The molecule has 0 saturated carbocycles. The summed E-state index contributed by atoms with van der Waals surface area (Å²) < 4.78 is 18.5. The van der Waals surface area contributed by atoms with Crippen LogP contribution < -0.4 is 5.32 Å². The maximum Gasteiger partial charge on any atom is 0.338 e. The van der Waals surface area contributed by atoms with E-state index in [4.69, 9.17) is 4.74 Å². The molecule has 0 aliphatic rings. The minimum absolute atomic E-state index is 0.102. The molecule has 0 radical (unpaired) electrons. The van der Waals surface area contributed by atoms with Crippen molar-refractivity contribution in [1.29, 1.82) is 0 Å². The molecule has 0 spiro atoms. The second kappa shape index (κ2) is 7.36. The molecule has 1 N–H and O–H groups in total. The summed E-state index contributed by atoms with van der Waals surface area (Å²) in [5, 5.41) is 2.68. The molecule has 0 unspecified atom stereocenters. The maximum absolute atomic E-state index is 13.4. The van der Waals surface area contributed by atoms with Gasteiger partial charge in [-0.15, -0.1) is 0 Å². The first-order valence-electron chi connectivity index (χ1n) is 6.90. The van der Waals surface area contributed by atoms with Crippen molar-refractivity contribution < 1.29 is 18.7 Å². The molecule has 4 nitrogen and oxygen atoms in total. The zero-order valence-corrected chi connectivity index (χ0v) is 12.1. The largest absolute Gasteiger partial charge is 0.457 e. The number of halogens is 1. The van der Waals surface area contributed by atoms with Crippen LogP contribution in [-0.4, -0.2) is 11.9 Å². The van der Waals surface area contributed by atoms with Gasteiger partial charge in [-0.1, -0.05) is 25.1 Å². The van der Waals surface area contributed by atoms with Gasteiger partial charge in [-0.2, -0.15) is 0 Å². The molecule has 0 heterocycles. The Labute approximate surface area is 127 Å². The van der Waals surface area contributed by atoms with E-state index in [1.165, 1.54) is 6.07 Å². The lowest BCUT2D eigenvalue weighted by molar-refractivity contribution is -0.115. The third-order valence-corrected chi connectivity index (χ3v) is 3.04. The third-order valence-electron chi connectivity index (χ3n) is 3.04. The van der Waals surface area contributed by atoms with Gasteiger partial charge in [-0.05, 0) is 30.3 Å². The summed E-state index contributed by atoms with van der Waals surface area (Å²) in [4.78, 5) is 23.1. The fourth-order valence-corrected chi connectivity index (χ4v) is 1.78. The summed E-state index contributed by atoms with van der Waals surface area (Å²) in [6.07, 6.45) is 0.381. The Balaban J connectivity index is 1.95. The van der Waals surface area contributed by atoms with Gasteiger partial charge in [-0.3, -0.25) is 4.79 Å². The number of hydrogen-bond acceptors (Lipinski definition) is 3. The number of carbonyl (C=O) groups is 2. The number of esters is 1. The van der Waals surface area contributed by atoms with Crippen molar-refractivity contribution in [2.24, 2.45) is 0 Å². The lowest BCUT2D eigenvalue weighted by Crippen LogP contribution is -2.10. The summed E-state index contributed by atoms with van der Waals surface area (Å²) in [6.45, 7) is 1.63. The van der Waals surface area contributed by atoms with Crippen molar-refractivity contribution in [2.75, 3.05) is 5.32 Å². The molecule has 0 bridgehead atoms. The zero-order chi connectivity index (χ0) is 15.9. The van der Waals surface area contributed by atoms with Crippen LogP contribution >= 0.6 is 0 Å². The zero-order valence-electron chi connectivity index (χ0n) is 12.1. The van der Waals surface area contributed by atoms with Crippen LogP contribution in [-0.2, 0) is 16.1 Å². The van der Waals surface area contributed by atoms with Crippen molar-refractivity contribution in [3.63, 3.8) is 0 Å². The van der Waals surface area contributed by atoms with Gasteiger partial charge in [0.15, 0.2) is 0 Å². The highest BCUT2D eigenvalue weighted by molar-refractivity contribution is 5.92. The number of benzene rings is 2. The first-order valence-corrected chi connectivity index (χ1v) is 6.90. The topological polar surface area (TPSA) is 55.4 Å². The summed E-state index contributed by atoms with van der Waals surface area (Å²) in [6, 6.07) is 12.5. The van der Waals surface area contributed by atoms with E-state index in [0.29, 0.717) is 23.2 Å². The smallest absolute Gasteiger partial charge is 0.338 e. The van der Waals surface area contributed by atoms with Crippen molar-refractivity contribution in [2.45, 2.75) is 20.0 Å². The van der Waals surface area contributed by atoms with Gasteiger partial charge in [0.2, 0.25) is 5.91 Å². The number of anilines is 1. The number of amides is 1. The maximum atomic E-state index is 13.4. The lowest BCUT2D eigenvalue weighted by Gasteiger charge is -2.07. The van der Waals surface area contributed by atoms with Crippen LogP contribution in [0.4, 0.5) is 10.1 Å². The van der Waals surface area contributed by atoms with Crippen molar-refractivity contribution >= 4 is 17.6 Å². The van der Waals surface area contributed by atoms with Crippen LogP contribution in [0.2, 0.25) is 0 Å². The molecule has 0 atom stereocenters. The molecule has 0 fully saturated rings. The minimum Gasteiger partial charge on any atom is -0.457 e. The van der Waals surface area contributed by atoms with E-state index in [1.54, 1.807) is 49.4 Å². The molecule has 0 aliphatic heterocycles. The summed E-state index contributed by atoms with van der Waals surface area (Å²) in [5.74, 6) is -1.06. The quantitative estimate of drug-likeness (QED) is 0.860. The Morgan fingerprint density at radius 1 is 1.09 bits per heavy atom. The number of rotatable bonds is 5. The Morgan fingerprint density at radius 3 is 2.41 bits per heavy atom. The van der Waals surface area contributed by atoms with Crippen molar-refractivity contribution in [3.05, 3.63) is 65.5 Å². The fraction of sp³-hybridized carbons (Fsp3) is 0.176. The van der Waals surface area contributed by atoms with Crippen LogP contribution in [0.3, 0.4) is 0 Å². The molecule has 0 saturated heterocycles. The van der Waals surface area contributed by atoms with E-state index >= 15 is 0 Å². The number of nitrogens with one attached hydrogen (secondary N) is 1. The summed E-state index contributed by atoms with van der Waals surface area (Å²) in [5.41, 5.74) is 1.27. The second-order valence-corrected chi connectivity index (χ2v) is 4.65. The average molecular weight is 301 g/mol. The summed E-state index contributed by atoms with van der Waals surface area (Å²) >= 11 is 0. The summed E-state index contributed by atoms with van der Waals surface area (Å²) in [7, 11) is 0. The van der Waals surface area contributed by atoms with E-state index in [0.717, 1.165) is 0 Å². The van der Waals surface area contributed by atoms with Gasteiger partial charge < -0.3 is 10.1 Å². The third kappa shape index (κ3) is 4.15. The molecule has 5 heteroatoms. The van der Waals surface area contributed by atoms with E-state index < -0.39 is 11.8 Å². The lowest BCUT2D eigenvalue weighted by atomic mass is 10.2. The number of ether oxygens (including phenoxy) is 1. The van der Waals surface area contributed by atoms with E-state index in [1.807, 2.05) is 0 Å². The van der Waals surface area contributed by atoms with Crippen LogP contribution in [0.5, 0.6) is 0 Å². The van der Waals surface area contributed by atoms with E-state index in [2.05, 4.69) is 5.32 Å². The monoisotopic (exact) mass is 301 g/mol. The molecular weight excluding hydrogens is 285 g/mol. The van der Waals surface area contributed by atoms with Crippen molar-refractivity contribution in [1.82, 2.24) is 0 Å². The predicted molar refractivity (Wildman–Crippen MR) is 80.9 cm³/mol. The van der Waals surface area contributed by atoms with Gasteiger partial charge in [0.25, 0.3) is 0 Å². The van der Waals surface area contributed by atoms with Gasteiger partial charge in [0.05, 0.1) is 5.56 Å². The van der Waals surface area contributed by atoms with Crippen LogP contribution in [0.15, 0.2) is 48.5 Å². The van der Waals surface area contributed by atoms with Gasteiger partial charge in [-0.25, -0.2) is 9.18 Å². The Kier molecular flexibility index (Phi) is 5.25. The molecule has 1 amide bonds. The average Bonchev–Trinajstić information content (AvgIpc) is 2.54. The van der Waals surface area contributed by atoms with Gasteiger partial charge in [0.1, 0.15) is 12.4 Å². The molecule has 2 rings (SSSR count). The number of carbonyl (C=O) groups excluding carboxylic acids is 2. The van der Waals surface area contributed by atoms with E-state index in [-0.39, 0.29) is 12.5 Å². The molecule has 0 aliphatic carbocycles. The second-order valence-electron chi connectivity index (χ2n) is 4.65. The van der Waals surface area contributed by atoms with Crippen LogP contribution in [0, 0.1) is 5.82 Å².